The Morgan fingerprint density at radius 1 is 1.62 bits per heavy atom. The molecule has 0 aliphatic heterocycles. The lowest BCUT2D eigenvalue weighted by molar-refractivity contribution is -0.108. The molecule has 0 saturated heterocycles. The molecule has 0 aromatic rings. The second kappa shape index (κ2) is 2.64. The minimum Gasteiger partial charge on any atom is -0.324 e. The van der Waals surface area contributed by atoms with Gasteiger partial charge >= 0.3 is 7.60 Å². The fourth-order valence-electron chi connectivity index (χ4n) is 0.176. The van der Waals surface area contributed by atoms with E-state index < -0.39 is 18.9 Å². The van der Waals surface area contributed by atoms with E-state index in [4.69, 9.17) is 9.79 Å². The Morgan fingerprint density at radius 3 is 2.00 bits per heavy atom. The summed E-state index contributed by atoms with van der Waals surface area (Å²) in [4.78, 5) is 25.9. The Kier molecular flexibility index (Phi) is 2.70. The van der Waals surface area contributed by atoms with Gasteiger partial charge in [-0.1, -0.05) is 0 Å². The molecular weight excluding hydrogens is 151 g/mol. The molecule has 0 amide bonds. The lowest BCUT2D eigenvalue weighted by atomic mass is 10.9. The van der Waals surface area contributed by atoms with E-state index in [1.165, 1.54) is 0 Å². The maximum absolute atomic E-state index is 9.87. The fraction of sp³-hybridized carbons (Fsp3) is 0.500. The van der Waals surface area contributed by atoms with Crippen LogP contribution >= 0.6 is 20.2 Å². The smallest absolute Gasteiger partial charge is 0.324 e. The van der Waals surface area contributed by atoms with Crippen molar-refractivity contribution in [2.75, 3.05) is 6.16 Å². The molecule has 0 heterocycles. The van der Waals surface area contributed by atoms with Crippen molar-refractivity contribution >= 4 is 25.3 Å². The number of hydrogen-bond donors (Lipinski definition) is 3. The van der Waals surface area contributed by atoms with Gasteiger partial charge in [0.25, 0.3) is 0 Å². The zero-order chi connectivity index (χ0) is 6.78. The van der Waals surface area contributed by atoms with Crippen molar-refractivity contribution in [2.45, 2.75) is 0 Å². The third kappa shape index (κ3) is 6.17. The quantitative estimate of drug-likeness (QED) is 0.376. The lowest BCUT2D eigenvalue weighted by Crippen LogP contribution is -1.95. The largest absolute Gasteiger partial charge is 0.333 e. The molecule has 8 heavy (non-hydrogen) atoms. The number of thiol groups is 1. The molecule has 0 radical (unpaired) electrons. The minimum atomic E-state index is -4.15. The van der Waals surface area contributed by atoms with Gasteiger partial charge in [-0.05, 0) is 0 Å². The van der Waals surface area contributed by atoms with Gasteiger partial charge in [0.15, 0.2) is 5.12 Å². The zero-order valence-corrected chi connectivity index (χ0v) is 5.60. The topological polar surface area (TPSA) is 74.6 Å². The zero-order valence-electron chi connectivity index (χ0n) is 3.81. The first kappa shape index (κ1) is 8.17. The van der Waals surface area contributed by atoms with Gasteiger partial charge in [-0.2, -0.15) is 0 Å². The first-order valence-electron chi connectivity index (χ1n) is 1.68. The van der Waals surface area contributed by atoms with E-state index in [0.29, 0.717) is 0 Å². The second-order valence-corrected chi connectivity index (χ2v) is 3.36. The summed E-state index contributed by atoms with van der Waals surface area (Å²) < 4.78 is 9.87. The van der Waals surface area contributed by atoms with E-state index in [0.717, 1.165) is 0 Å². The maximum Gasteiger partial charge on any atom is 0.333 e. The predicted octanol–water partition coefficient (Wildman–Crippen LogP) is -0.380. The van der Waals surface area contributed by atoms with E-state index in [9.17, 15) is 9.36 Å². The highest BCUT2D eigenvalue weighted by Gasteiger charge is 2.15. The van der Waals surface area contributed by atoms with Gasteiger partial charge in [0.2, 0.25) is 0 Å². The number of carbonyl (C=O) groups excluding carboxylic acids is 1. The molecule has 0 aromatic carbocycles. The standard InChI is InChI=1S/C2H5O4PS/c3-2(8)1-7(4,5)6/h1H2,(H,3,8)(H2,4,5,6). The normalized spacial score (nSPS) is 11.4. The van der Waals surface area contributed by atoms with Crippen LogP contribution in [0.1, 0.15) is 0 Å². The van der Waals surface area contributed by atoms with Crippen LogP contribution in [-0.2, 0) is 9.36 Å². The van der Waals surface area contributed by atoms with Gasteiger partial charge in [-0.25, -0.2) is 0 Å². The van der Waals surface area contributed by atoms with Crippen molar-refractivity contribution < 1.29 is 19.1 Å². The highest BCUT2D eigenvalue weighted by molar-refractivity contribution is 7.97. The van der Waals surface area contributed by atoms with E-state index in [-0.39, 0.29) is 0 Å². The van der Waals surface area contributed by atoms with Crippen LogP contribution in [0.2, 0.25) is 0 Å². The molecule has 6 heteroatoms. The first-order chi connectivity index (χ1) is 3.42. The average Bonchev–Trinajstić information content (AvgIpc) is 1.21. The van der Waals surface area contributed by atoms with Crippen LogP contribution in [0.3, 0.4) is 0 Å². The number of hydrogen-bond acceptors (Lipinski definition) is 2. The van der Waals surface area contributed by atoms with E-state index in [1.54, 1.807) is 0 Å². The van der Waals surface area contributed by atoms with Crippen LogP contribution in [0.15, 0.2) is 0 Å². The van der Waals surface area contributed by atoms with Gasteiger partial charge in [-0.3, -0.25) is 9.36 Å². The molecule has 0 bridgehead atoms. The van der Waals surface area contributed by atoms with Crippen molar-refractivity contribution in [2.24, 2.45) is 0 Å². The Morgan fingerprint density at radius 2 is 2.00 bits per heavy atom. The van der Waals surface area contributed by atoms with Crippen LogP contribution in [0.25, 0.3) is 0 Å². The van der Waals surface area contributed by atoms with Crippen LogP contribution < -0.4 is 0 Å². The van der Waals surface area contributed by atoms with Crippen molar-refractivity contribution in [3.8, 4) is 0 Å². The minimum absolute atomic E-state index is 0.782. The molecule has 0 fully saturated rings. The molecule has 0 rings (SSSR count). The first-order valence-corrected chi connectivity index (χ1v) is 3.92. The summed E-state index contributed by atoms with van der Waals surface area (Å²) in [6.07, 6.45) is -0.782. The van der Waals surface area contributed by atoms with Crippen LogP contribution in [-0.4, -0.2) is 21.1 Å². The summed E-state index contributed by atoms with van der Waals surface area (Å²) in [7, 11) is -4.15. The number of carbonyl (C=O) groups is 1. The van der Waals surface area contributed by atoms with Crippen LogP contribution in [0.4, 0.5) is 0 Å². The Balaban J connectivity index is 3.74. The molecule has 0 atom stereocenters. The lowest BCUT2D eigenvalue weighted by Gasteiger charge is -1.95. The summed E-state index contributed by atoms with van der Waals surface area (Å²) in [6.45, 7) is 0. The predicted molar refractivity (Wildman–Crippen MR) is 30.9 cm³/mol. The second-order valence-electron chi connectivity index (χ2n) is 1.22. The Labute approximate surface area is 51.5 Å². The van der Waals surface area contributed by atoms with Crippen molar-refractivity contribution in [1.82, 2.24) is 0 Å². The van der Waals surface area contributed by atoms with Gasteiger partial charge in [0, 0.05) is 0 Å². The summed E-state index contributed by atoms with van der Waals surface area (Å²) in [5, 5.41) is -0.793. The molecule has 0 aliphatic carbocycles. The molecule has 0 aliphatic rings. The molecule has 0 unspecified atom stereocenters. The summed E-state index contributed by atoms with van der Waals surface area (Å²) >= 11 is 3.16. The summed E-state index contributed by atoms with van der Waals surface area (Å²) in [6, 6.07) is 0. The van der Waals surface area contributed by atoms with Crippen LogP contribution in [0.5, 0.6) is 0 Å². The number of rotatable bonds is 2. The summed E-state index contributed by atoms with van der Waals surface area (Å²) in [5.41, 5.74) is 0. The van der Waals surface area contributed by atoms with Gasteiger partial charge in [-0.15, -0.1) is 12.6 Å². The molecule has 0 saturated carbocycles. The maximum atomic E-state index is 9.87. The highest BCUT2D eigenvalue weighted by Crippen LogP contribution is 2.33. The van der Waals surface area contributed by atoms with Gasteiger partial charge in [0.05, 0.1) is 0 Å². The van der Waals surface area contributed by atoms with Crippen LogP contribution in [0, 0.1) is 0 Å². The van der Waals surface area contributed by atoms with Crippen molar-refractivity contribution in [3.05, 3.63) is 0 Å². The molecule has 0 aromatic heterocycles. The molecule has 48 valence electrons. The molecule has 4 nitrogen and oxygen atoms in total. The third-order valence-electron chi connectivity index (χ3n) is 0.341. The third-order valence-corrected chi connectivity index (χ3v) is 1.45. The fourth-order valence-corrected chi connectivity index (χ4v) is 1.08. The molecule has 0 spiro atoms. The SMILES string of the molecule is O=C(S)CP(=O)(O)O. The highest BCUT2D eigenvalue weighted by atomic mass is 32.1. The summed E-state index contributed by atoms with van der Waals surface area (Å²) in [5.74, 6) is 0. The van der Waals surface area contributed by atoms with Gasteiger partial charge < -0.3 is 9.79 Å². The molecule has 2 N–H and O–H groups in total. The average molecular weight is 156 g/mol. The van der Waals surface area contributed by atoms with Crippen molar-refractivity contribution in [1.29, 1.82) is 0 Å². The molecular formula is C2H5O4PS. The Hall–Kier alpha value is 0.170. The van der Waals surface area contributed by atoms with E-state index in [1.807, 2.05) is 0 Å². The van der Waals surface area contributed by atoms with Crippen molar-refractivity contribution in [3.63, 3.8) is 0 Å². The monoisotopic (exact) mass is 156 g/mol. The van der Waals surface area contributed by atoms with Gasteiger partial charge in [0.1, 0.15) is 6.16 Å². The van der Waals surface area contributed by atoms with E-state index in [2.05, 4.69) is 12.6 Å². The Bertz CT molecular complexity index is 137. The van der Waals surface area contributed by atoms with E-state index >= 15 is 0 Å².